The quantitative estimate of drug-likeness (QED) is 0.499. The van der Waals surface area contributed by atoms with Crippen LogP contribution < -0.4 is 5.32 Å². The summed E-state index contributed by atoms with van der Waals surface area (Å²) in [5, 5.41) is 4.56. The number of hydrogen-bond acceptors (Lipinski definition) is 5. The Morgan fingerprint density at radius 1 is 1.40 bits per heavy atom. The molecule has 1 atom stereocenters. The van der Waals surface area contributed by atoms with Crippen molar-refractivity contribution in [2.24, 2.45) is 10.9 Å². The van der Waals surface area contributed by atoms with Crippen molar-refractivity contribution >= 4 is 23.3 Å². The molecule has 1 rings (SSSR count). The Balaban J connectivity index is 2.69. The number of nitrogens with one attached hydrogen (secondary N) is 1. The van der Waals surface area contributed by atoms with Crippen molar-refractivity contribution in [1.82, 2.24) is 5.32 Å². The van der Waals surface area contributed by atoms with Gasteiger partial charge in [-0.25, -0.2) is 4.99 Å². The molecule has 5 nitrogen and oxygen atoms in total. The standard InChI is InChI=1S/C14H22N2O3S/c1-10(2)11(3)15-14(19-8-7-18-4)16-13(17)12-6-5-9-20-12/h5-6,9-11H,7-8H2,1-4H3,(H,15,16,17)/t11-/m0/s1. The van der Waals surface area contributed by atoms with Gasteiger partial charge in [0.2, 0.25) is 0 Å². The van der Waals surface area contributed by atoms with E-state index in [1.165, 1.54) is 11.3 Å². The van der Waals surface area contributed by atoms with Gasteiger partial charge < -0.3 is 9.47 Å². The first-order chi connectivity index (χ1) is 9.54. The third-order valence-electron chi connectivity index (χ3n) is 2.78. The Kier molecular flexibility index (Phi) is 7.25. The summed E-state index contributed by atoms with van der Waals surface area (Å²) < 4.78 is 10.4. The van der Waals surface area contributed by atoms with Gasteiger partial charge in [-0.1, -0.05) is 19.9 Å². The summed E-state index contributed by atoms with van der Waals surface area (Å²) in [5.41, 5.74) is 0. The minimum atomic E-state index is -0.202. The Morgan fingerprint density at radius 2 is 2.15 bits per heavy atom. The van der Waals surface area contributed by atoms with E-state index < -0.39 is 0 Å². The molecule has 0 bridgehead atoms. The highest BCUT2D eigenvalue weighted by Gasteiger charge is 2.13. The van der Waals surface area contributed by atoms with Gasteiger partial charge in [0.25, 0.3) is 11.9 Å². The zero-order valence-corrected chi connectivity index (χ0v) is 13.2. The monoisotopic (exact) mass is 298 g/mol. The molecule has 0 saturated heterocycles. The van der Waals surface area contributed by atoms with Crippen LogP contribution in [-0.2, 0) is 9.47 Å². The number of aliphatic imine (C=N–C) groups is 1. The number of carbonyl (C=O) groups excluding carboxylic acids is 1. The van der Waals surface area contributed by atoms with E-state index in [1.807, 2.05) is 18.4 Å². The predicted molar refractivity (Wildman–Crippen MR) is 81.3 cm³/mol. The second-order valence-electron chi connectivity index (χ2n) is 4.69. The van der Waals surface area contributed by atoms with Crippen molar-refractivity contribution in [3.8, 4) is 0 Å². The molecule has 20 heavy (non-hydrogen) atoms. The van der Waals surface area contributed by atoms with E-state index in [4.69, 9.17) is 9.47 Å². The number of amides is 1. The first-order valence-corrected chi connectivity index (χ1v) is 7.47. The number of hydrogen-bond donors (Lipinski definition) is 1. The fraction of sp³-hybridized carbons (Fsp3) is 0.571. The van der Waals surface area contributed by atoms with Gasteiger partial charge in [-0.15, -0.1) is 11.3 Å². The van der Waals surface area contributed by atoms with Crippen molar-refractivity contribution in [3.63, 3.8) is 0 Å². The van der Waals surface area contributed by atoms with E-state index >= 15 is 0 Å². The molecule has 1 heterocycles. The lowest BCUT2D eigenvalue weighted by Crippen LogP contribution is -2.34. The van der Waals surface area contributed by atoms with Crippen LogP contribution in [0.15, 0.2) is 22.5 Å². The summed E-state index contributed by atoms with van der Waals surface area (Å²) in [6.45, 7) is 6.93. The fourth-order valence-corrected chi connectivity index (χ4v) is 1.85. The number of thiophene rings is 1. The summed E-state index contributed by atoms with van der Waals surface area (Å²) in [5.74, 6) is 0.168. The summed E-state index contributed by atoms with van der Waals surface area (Å²) >= 11 is 1.38. The molecule has 0 fully saturated rings. The first-order valence-electron chi connectivity index (χ1n) is 6.59. The second kappa shape index (κ2) is 8.71. The largest absolute Gasteiger partial charge is 0.463 e. The fourth-order valence-electron chi connectivity index (χ4n) is 1.23. The van der Waals surface area contributed by atoms with Crippen LogP contribution in [0.25, 0.3) is 0 Å². The Morgan fingerprint density at radius 3 is 2.70 bits per heavy atom. The maximum atomic E-state index is 12.0. The molecule has 1 amide bonds. The number of amidine groups is 1. The third kappa shape index (κ3) is 5.71. The van der Waals surface area contributed by atoms with Gasteiger partial charge in [-0.3, -0.25) is 10.1 Å². The van der Waals surface area contributed by atoms with Gasteiger partial charge in [0, 0.05) is 7.11 Å². The molecule has 0 aromatic carbocycles. The average Bonchev–Trinajstić information content (AvgIpc) is 2.92. The highest BCUT2D eigenvalue weighted by atomic mass is 32.1. The molecule has 0 aliphatic rings. The van der Waals surface area contributed by atoms with Crippen LogP contribution in [0.3, 0.4) is 0 Å². The van der Waals surface area contributed by atoms with Crippen LogP contribution in [-0.4, -0.2) is 38.3 Å². The first kappa shape index (κ1) is 16.7. The maximum Gasteiger partial charge on any atom is 0.292 e. The molecule has 0 spiro atoms. The van der Waals surface area contributed by atoms with Crippen molar-refractivity contribution < 1.29 is 14.3 Å². The van der Waals surface area contributed by atoms with E-state index in [9.17, 15) is 4.79 Å². The molecule has 1 aromatic heterocycles. The Hall–Kier alpha value is -1.40. The molecule has 0 aliphatic heterocycles. The molecular weight excluding hydrogens is 276 g/mol. The van der Waals surface area contributed by atoms with Gasteiger partial charge in [0.1, 0.15) is 6.61 Å². The van der Waals surface area contributed by atoms with Crippen LogP contribution in [0.2, 0.25) is 0 Å². The van der Waals surface area contributed by atoms with Gasteiger partial charge in [0.15, 0.2) is 0 Å². The zero-order chi connectivity index (χ0) is 15.0. The van der Waals surface area contributed by atoms with E-state index in [2.05, 4.69) is 24.2 Å². The highest BCUT2D eigenvalue weighted by molar-refractivity contribution is 7.12. The Labute approximate surface area is 124 Å². The predicted octanol–water partition coefficient (Wildman–Crippen LogP) is 2.54. The number of methoxy groups -OCH3 is 1. The smallest absolute Gasteiger partial charge is 0.292 e. The van der Waals surface area contributed by atoms with Crippen molar-refractivity contribution in [2.75, 3.05) is 20.3 Å². The van der Waals surface area contributed by atoms with Gasteiger partial charge in [-0.2, -0.15) is 0 Å². The summed E-state index contributed by atoms with van der Waals surface area (Å²) in [4.78, 5) is 17.0. The van der Waals surface area contributed by atoms with Crippen molar-refractivity contribution in [3.05, 3.63) is 22.4 Å². The van der Waals surface area contributed by atoms with Gasteiger partial charge in [-0.05, 0) is 24.3 Å². The Bertz CT molecular complexity index is 430. The highest BCUT2D eigenvalue weighted by Crippen LogP contribution is 2.09. The van der Waals surface area contributed by atoms with Gasteiger partial charge in [0.05, 0.1) is 17.5 Å². The lowest BCUT2D eigenvalue weighted by atomic mass is 10.1. The zero-order valence-electron chi connectivity index (χ0n) is 12.4. The van der Waals surface area contributed by atoms with Crippen LogP contribution in [0.1, 0.15) is 30.4 Å². The minimum Gasteiger partial charge on any atom is -0.463 e. The molecule has 0 radical (unpaired) electrons. The molecule has 1 N–H and O–H groups in total. The molecule has 0 saturated carbocycles. The summed E-state index contributed by atoms with van der Waals surface area (Å²) in [6, 6.07) is 3.91. The van der Waals surface area contributed by atoms with E-state index in [1.54, 1.807) is 13.2 Å². The van der Waals surface area contributed by atoms with Crippen LogP contribution in [0.5, 0.6) is 0 Å². The molecule has 6 heteroatoms. The van der Waals surface area contributed by atoms with E-state index in [-0.39, 0.29) is 18.0 Å². The average molecular weight is 298 g/mol. The SMILES string of the molecule is COCCOC(=N[C@@H](C)C(C)C)NC(=O)c1cccs1. The lowest BCUT2D eigenvalue weighted by molar-refractivity contribution is 0.0957. The number of nitrogens with zero attached hydrogens (tertiary/aromatic N) is 1. The van der Waals surface area contributed by atoms with Crippen LogP contribution in [0.4, 0.5) is 0 Å². The van der Waals surface area contributed by atoms with Crippen molar-refractivity contribution in [2.45, 2.75) is 26.8 Å². The number of rotatable bonds is 6. The minimum absolute atomic E-state index is 0.0659. The van der Waals surface area contributed by atoms with Crippen LogP contribution >= 0.6 is 11.3 Å². The topological polar surface area (TPSA) is 59.9 Å². The lowest BCUT2D eigenvalue weighted by Gasteiger charge is -2.15. The van der Waals surface area contributed by atoms with E-state index in [0.29, 0.717) is 24.0 Å². The molecule has 0 aliphatic carbocycles. The maximum absolute atomic E-state index is 12.0. The molecule has 1 aromatic rings. The normalized spacial score (nSPS) is 13.3. The number of carbonyl (C=O) groups is 1. The van der Waals surface area contributed by atoms with Crippen LogP contribution in [0, 0.1) is 5.92 Å². The second-order valence-corrected chi connectivity index (χ2v) is 5.64. The summed E-state index contributed by atoms with van der Waals surface area (Å²) in [7, 11) is 1.60. The summed E-state index contributed by atoms with van der Waals surface area (Å²) in [6.07, 6.45) is 0. The van der Waals surface area contributed by atoms with Gasteiger partial charge >= 0.3 is 0 Å². The molecular formula is C14H22N2O3S. The third-order valence-corrected chi connectivity index (χ3v) is 3.65. The van der Waals surface area contributed by atoms with E-state index in [0.717, 1.165) is 0 Å². The van der Waals surface area contributed by atoms with Crippen molar-refractivity contribution in [1.29, 1.82) is 0 Å². The molecule has 112 valence electrons. The molecule has 0 unspecified atom stereocenters. The number of ether oxygens (including phenoxy) is 2.